The van der Waals surface area contributed by atoms with Crippen molar-refractivity contribution in [2.75, 3.05) is 10.8 Å². The summed E-state index contributed by atoms with van der Waals surface area (Å²) in [5.41, 5.74) is 2.89. The van der Waals surface area contributed by atoms with Gasteiger partial charge in [0.1, 0.15) is 12.6 Å². The van der Waals surface area contributed by atoms with Gasteiger partial charge in [-0.05, 0) is 63.9 Å². The zero-order valence-corrected chi connectivity index (χ0v) is 22.8. The number of nitrogens with one attached hydrogen (secondary N) is 1. The lowest BCUT2D eigenvalue weighted by molar-refractivity contribution is -0.139. The average Bonchev–Trinajstić information content (AvgIpc) is 2.86. The minimum absolute atomic E-state index is 0.0920. The number of nitrogens with zero attached hydrogens (tertiary/aromatic N) is 2. The van der Waals surface area contributed by atoms with Gasteiger partial charge in [0.25, 0.3) is 10.0 Å². The van der Waals surface area contributed by atoms with Gasteiger partial charge < -0.3 is 10.2 Å². The second-order valence-corrected chi connectivity index (χ2v) is 11.3. The van der Waals surface area contributed by atoms with E-state index in [1.807, 2.05) is 57.2 Å². The summed E-state index contributed by atoms with van der Waals surface area (Å²) < 4.78 is 28.8. The highest BCUT2D eigenvalue weighted by molar-refractivity contribution is 7.92. The third-order valence-electron chi connectivity index (χ3n) is 6.07. The molecule has 3 rings (SSSR count). The van der Waals surface area contributed by atoms with Gasteiger partial charge >= 0.3 is 0 Å². The van der Waals surface area contributed by atoms with E-state index < -0.39 is 28.5 Å². The van der Waals surface area contributed by atoms with E-state index in [0.29, 0.717) is 11.3 Å². The van der Waals surface area contributed by atoms with Gasteiger partial charge in [0.15, 0.2) is 0 Å². The van der Waals surface area contributed by atoms with E-state index in [1.165, 1.54) is 4.90 Å². The van der Waals surface area contributed by atoms with Crippen molar-refractivity contribution in [1.29, 1.82) is 0 Å². The van der Waals surface area contributed by atoms with Crippen molar-refractivity contribution in [2.45, 2.75) is 58.1 Å². The van der Waals surface area contributed by atoms with Gasteiger partial charge in [-0.1, -0.05) is 66.2 Å². The van der Waals surface area contributed by atoms with Crippen LogP contribution >= 0.6 is 0 Å². The Hall–Kier alpha value is -3.65. The normalized spacial score (nSPS) is 12.2. The summed E-state index contributed by atoms with van der Waals surface area (Å²) in [6.45, 7) is 8.75. The largest absolute Gasteiger partial charge is 0.352 e. The highest BCUT2D eigenvalue weighted by Gasteiger charge is 2.33. The quantitative estimate of drug-likeness (QED) is 0.427. The molecule has 8 heteroatoms. The van der Waals surface area contributed by atoms with E-state index in [4.69, 9.17) is 0 Å². The Labute approximate surface area is 220 Å². The summed E-state index contributed by atoms with van der Waals surface area (Å²) in [5.74, 6) is -0.780. The predicted octanol–water partition coefficient (Wildman–Crippen LogP) is 4.44. The van der Waals surface area contributed by atoms with Crippen molar-refractivity contribution in [3.63, 3.8) is 0 Å². The van der Waals surface area contributed by atoms with Crippen LogP contribution < -0.4 is 9.62 Å². The summed E-state index contributed by atoms with van der Waals surface area (Å²) in [7, 11) is -4.07. The van der Waals surface area contributed by atoms with Crippen molar-refractivity contribution in [2.24, 2.45) is 0 Å². The molecular formula is C29H35N3O4S. The number of anilines is 1. The van der Waals surface area contributed by atoms with Crippen LogP contribution in [0.25, 0.3) is 0 Å². The SMILES string of the molecule is Cc1ccc(S(=O)(=O)N(CC(=O)N(Cc2ccccc2)[C@H](C)C(=O)NC(C)C)c2ccccc2C)cc1. The molecule has 0 heterocycles. The Bertz CT molecular complexity index is 1320. The summed E-state index contributed by atoms with van der Waals surface area (Å²) in [6.07, 6.45) is 0. The smallest absolute Gasteiger partial charge is 0.264 e. The number of sulfonamides is 1. The molecule has 0 spiro atoms. The molecule has 0 saturated heterocycles. The molecule has 7 nitrogen and oxygen atoms in total. The van der Waals surface area contributed by atoms with Crippen LogP contribution in [0.15, 0.2) is 83.8 Å². The van der Waals surface area contributed by atoms with Crippen LogP contribution in [0.1, 0.15) is 37.5 Å². The first kappa shape index (κ1) is 27.9. The van der Waals surface area contributed by atoms with Gasteiger partial charge in [-0.3, -0.25) is 13.9 Å². The maximum Gasteiger partial charge on any atom is 0.264 e. The lowest BCUT2D eigenvalue weighted by Gasteiger charge is -2.32. The first-order valence-corrected chi connectivity index (χ1v) is 13.7. The van der Waals surface area contributed by atoms with Crippen LogP contribution in [-0.2, 0) is 26.2 Å². The highest BCUT2D eigenvalue weighted by Crippen LogP contribution is 2.27. The summed E-state index contributed by atoms with van der Waals surface area (Å²) >= 11 is 0. The van der Waals surface area contributed by atoms with Crippen LogP contribution in [0.4, 0.5) is 5.69 Å². The minimum Gasteiger partial charge on any atom is -0.352 e. The molecule has 1 atom stereocenters. The molecule has 3 aromatic carbocycles. The Morgan fingerprint density at radius 3 is 2.03 bits per heavy atom. The molecule has 1 N–H and O–H groups in total. The van der Waals surface area contributed by atoms with Crippen molar-refractivity contribution < 1.29 is 18.0 Å². The third-order valence-corrected chi connectivity index (χ3v) is 7.84. The van der Waals surface area contributed by atoms with E-state index in [0.717, 1.165) is 15.4 Å². The van der Waals surface area contributed by atoms with E-state index in [-0.39, 0.29) is 23.4 Å². The standard InChI is InChI=1S/C29H35N3O4S/c1-21(2)30-29(34)24(5)31(19-25-12-7-6-8-13-25)28(33)20-32(27-14-10-9-11-23(27)4)37(35,36)26-17-15-22(3)16-18-26/h6-18,21,24H,19-20H2,1-5H3,(H,30,34)/t24-/m1/s1. The summed E-state index contributed by atoms with van der Waals surface area (Å²) in [6, 6.07) is 22.0. The molecule has 0 bridgehead atoms. The highest BCUT2D eigenvalue weighted by atomic mass is 32.2. The Kier molecular flexibility index (Phi) is 9.10. The number of carbonyl (C=O) groups is 2. The fraction of sp³-hybridized carbons (Fsp3) is 0.310. The molecule has 3 aromatic rings. The number of para-hydroxylation sites is 1. The Morgan fingerprint density at radius 2 is 1.43 bits per heavy atom. The Balaban J connectivity index is 2.03. The van der Waals surface area contributed by atoms with E-state index in [2.05, 4.69) is 5.32 Å². The average molecular weight is 522 g/mol. The third kappa shape index (κ3) is 6.98. The van der Waals surface area contributed by atoms with Crippen LogP contribution in [0, 0.1) is 13.8 Å². The number of amides is 2. The van der Waals surface area contributed by atoms with Gasteiger partial charge in [0, 0.05) is 12.6 Å². The molecule has 0 aliphatic carbocycles. The van der Waals surface area contributed by atoms with E-state index in [1.54, 1.807) is 56.3 Å². The molecule has 37 heavy (non-hydrogen) atoms. The predicted molar refractivity (Wildman–Crippen MR) is 147 cm³/mol. The van der Waals surface area contributed by atoms with Crippen LogP contribution in [0.5, 0.6) is 0 Å². The van der Waals surface area contributed by atoms with Crippen molar-refractivity contribution in [3.05, 3.63) is 95.6 Å². The fourth-order valence-corrected chi connectivity index (χ4v) is 5.44. The molecule has 196 valence electrons. The van der Waals surface area contributed by atoms with Gasteiger partial charge in [0.2, 0.25) is 11.8 Å². The molecule has 2 amide bonds. The minimum atomic E-state index is -4.07. The molecule has 0 unspecified atom stereocenters. The summed E-state index contributed by atoms with van der Waals surface area (Å²) in [4.78, 5) is 28.3. The van der Waals surface area contributed by atoms with Crippen molar-refractivity contribution in [3.8, 4) is 0 Å². The molecule has 0 saturated carbocycles. The molecule has 0 aliphatic heterocycles. The zero-order chi connectivity index (χ0) is 27.2. The number of hydrogen-bond donors (Lipinski definition) is 1. The Morgan fingerprint density at radius 1 is 0.838 bits per heavy atom. The summed E-state index contributed by atoms with van der Waals surface area (Å²) in [5, 5.41) is 2.85. The second kappa shape index (κ2) is 12.1. The lowest BCUT2D eigenvalue weighted by atomic mass is 10.1. The van der Waals surface area contributed by atoms with Crippen LogP contribution in [-0.4, -0.2) is 43.8 Å². The molecule has 0 radical (unpaired) electrons. The molecular weight excluding hydrogens is 486 g/mol. The fourth-order valence-electron chi connectivity index (χ4n) is 3.96. The molecule has 0 fully saturated rings. The van der Waals surface area contributed by atoms with Gasteiger partial charge in [-0.15, -0.1) is 0 Å². The maximum absolute atomic E-state index is 13.8. The van der Waals surface area contributed by atoms with Gasteiger partial charge in [-0.2, -0.15) is 0 Å². The van der Waals surface area contributed by atoms with Crippen molar-refractivity contribution in [1.82, 2.24) is 10.2 Å². The van der Waals surface area contributed by atoms with E-state index >= 15 is 0 Å². The lowest BCUT2D eigenvalue weighted by Crippen LogP contribution is -2.52. The van der Waals surface area contributed by atoms with Gasteiger partial charge in [-0.25, -0.2) is 8.42 Å². The monoisotopic (exact) mass is 521 g/mol. The molecule has 0 aromatic heterocycles. The van der Waals surface area contributed by atoms with Gasteiger partial charge in [0.05, 0.1) is 10.6 Å². The van der Waals surface area contributed by atoms with Crippen LogP contribution in [0.2, 0.25) is 0 Å². The number of rotatable bonds is 10. The first-order valence-electron chi connectivity index (χ1n) is 12.3. The maximum atomic E-state index is 13.8. The molecule has 0 aliphatic rings. The van der Waals surface area contributed by atoms with Crippen molar-refractivity contribution >= 4 is 27.5 Å². The number of hydrogen-bond acceptors (Lipinski definition) is 4. The number of carbonyl (C=O) groups excluding carboxylic acids is 2. The second-order valence-electron chi connectivity index (χ2n) is 9.46. The zero-order valence-electron chi connectivity index (χ0n) is 22.0. The first-order chi connectivity index (χ1) is 17.5. The topological polar surface area (TPSA) is 86.8 Å². The number of aryl methyl sites for hydroxylation is 2. The van der Waals surface area contributed by atoms with Crippen LogP contribution in [0.3, 0.4) is 0 Å². The number of benzene rings is 3. The van der Waals surface area contributed by atoms with E-state index in [9.17, 15) is 18.0 Å².